The van der Waals surface area contributed by atoms with Crippen LogP contribution in [-0.2, 0) is 4.79 Å². The molecule has 0 spiro atoms. The zero-order valence-electron chi connectivity index (χ0n) is 13.8. The van der Waals surface area contributed by atoms with Gasteiger partial charge in [-0.2, -0.15) is 0 Å². The van der Waals surface area contributed by atoms with E-state index in [4.69, 9.17) is 34.8 Å². The number of halogens is 3. The Morgan fingerprint density at radius 1 is 1.15 bits per heavy atom. The number of amides is 1. The van der Waals surface area contributed by atoms with Gasteiger partial charge < -0.3 is 10.4 Å². The number of nitrogens with zero attached hydrogens (tertiary/aromatic N) is 1. The number of benzene rings is 2. The average Bonchev–Trinajstić information content (AvgIpc) is 2.63. The largest absolute Gasteiger partial charge is 0.505 e. The number of pyridine rings is 1. The van der Waals surface area contributed by atoms with Crippen molar-refractivity contribution in [1.29, 1.82) is 0 Å². The van der Waals surface area contributed by atoms with Crippen molar-refractivity contribution in [1.82, 2.24) is 10.3 Å². The van der Waals surface area contributed by atoms with Gasteiger partial charge in [0.05, 0.1) is 11.1 Å². The van der Waals surface area contributed by atoms with Crippen LogP contribution in [0.4, 0.5) is 0 Å². The highest BCUT2D eigenvalue weighted by atomic mass is 35.5. The second-order valence-corrected chi connectivity index (χ2v) is 6.97. The van der Waals surface area contributed by atoms with Gasteiger partial charge in [-0.05, 0) is 35.9 Å². The Kier molecular flexibility index (Phi) is 5.56. The lowest BCUT2D eigenvalue weighted by Crippen LogP contribution is -2.29. The lowest BCUT2D eigenvalue weighted by Gasteiger charge is -2.22. The van der Waals surface area contributed by atoms with Crippen molar-refractivity contribution >= 4 is 51.6 Å². The van der Waals surface area contributed by atoms with Crippen molar-refractivity contribution in [2.75, 3.05) is 0 Å². The summed E-state index contributed by atoms with van der Waals surface area (Å²) in [4.78, 5) is 16.3. The van der Waals surface area contributed by atoms with Gasteiger partial charge in [0, 0.05) is 33.6 Å². The molecule has 26 heavy (non-hydrogen) atoms. The van der Waals surface area contributed by atoms with Crippen LogP contribution in [0.25, 0.3) is 10.9 Å². The number of fused-ring (bicyclic) bond motifs is 1. The molecule has 1 aromatic heterocycles. The fourth-order valence-corrected chi connectivity index (χ4v) is 3.54. The molecule has 0 saturated carbocycles. The van der Waals surface area contributed by atoms with E-state index in [1.54, 1.807) is 49.5 Å². The Balaban J connectivity index is 2.23. The van der Waals surface area contributed by atoms with Crippen LogP contribution in [0.5, 0.6) is 5.75 Å². The Labute approximate surface area is 165 Å². The number of phenols is 1. The predicted octanol–water partition coefficient (Wildman–Crippen LogP) is 5.52. The van der Waals surface area contributed by atoms with E-state index in [2.05, 4.69) is 10.3 Å². The van der Waals surface area contributed by atoms with Gasteiger partial charge in [-0.25, -0.2) is 0 Å². The Morgan fingerprint density at radius 3 is 2.62 bits per heavy atom. The number of carbonyl (C=O) groups excluding carboxylic acids is 1. The molecule has 2 aromatic carbocycles. The number of hydrogen-bond acceptors (Lipinski definition) is 3. The zero-order valence-corrected chi connectivity index (χ0v) is 16.0. The Bertz CT molecular complexity index is 992. The highest BCUT2D eigenvalue weighted by Gasteiger charge is 2.24. The number of phenolic OH excluding ortho intramolecular Hbond substituents is 1. The highest BCUT2D eigenvalue weighted by molar-refractivity contribution is 6.36. The smallest absolute Gasteiger partial charge is 0.220 e. The summed E-state index contributed by atoms with van der Waals surface area (Å²) in [6.45, 7) is 1.74. The normalized spacial score (nSPS) is 12.2. The quantitative estimate of drug-likeness (QED) is 0.596. The topological polar surface area (TPSA) is 62.2 Å². The van der Waals surface area contributed by atoms with E-state index in [1.807, 2.05) is 0 Å². The monoisotopic (exact) mass is 408 g/mol. The second kappa shape index (κ2) is 7.70. The van der Waals surface area contributed by atoms with Gasteiger partial charge in [-0.15, -0.1) is 0 Å². The van der Waals surface area contributed by atoms with Gasteiger partial charge in [0.2, 0.25) is 5.91 Å². The molecule has 3 aromatic rings. The molecule has 0 unspecified atom stereocenters. The van der Waals surface area contributed by atoms with E-state index < -0.39 is 6.04 Å². The number of carbonyl (C=O) groups is 1. The first-order chi connectivity index (χ1) is 12.4. The maximum atomic E-state index is 12.1. The van der Waals surface area contributed by atoms with Gasteiger partial charge in [-0.3, -0.25) is 9.78 Å². The molecule has 134 valence electrons. The summed E-state index contributed by atoms with van der Waals surface area (Å²) in [7, 11) is 0. The maximum absolute atomic E-state index is 12.1. The molecule has 0 radical (unpaired) electrons. The van der Waals surface area contributed by atoms with E-state index in [1.165, 1.54) is 0 Å². The molecular formula is C19H15Cl3N2O2. The Hall–Kier alpha value is -2.01. The fraction of sp³-hybridized carbons (Fsp3) is 0.158. The molecule has 1 amide bonds. The van der Waals surface area contributed by atoms with E-state index in [0.29, 0.717) is 37.1 Å². The lowest BCUT2D eigenvalue weighted by atomic mass is 9.96. The summed E-state index contributed by atoms with van der Waals surface area (Å²) >= 11 is 18.7. The lowest BCUT2D eigenvalue weighted by molar-refractivity contribution is -0.121. The van der Waals surface area contributed by atoms with Crippen molar-refractivity contribution in [2.24, 2.45) is 0 Å². The predicted molar refractivity (Wildman–Crippen MR) is 105 cm³/mol. The van der Waals surface area contributed by atoms with Gasteiger partial charge >= 0.3 is 0 Å². The first-order valence-electron chi connectivity index (χ1n) is 7.92. The minimum Gasteiger partial charge on any atom is -0.505 e. The molecule has 2 N–H and O–H groups in total. The van der Waals surface area contributed by atoms with Crippen LogP contribution in [0.1, 0.15) is 30.5 Å². The summed E-state index contributed by atoms with van der Waals surface area (Å²) in [6.07, 6.45) is 1.85. The minimum absolute atomic E-state index is 0.0579. The van der Waals surface area contributed by atoms with Gasteiger partial charge in [0.1, 0.15) is 11.3 Å². The van der Waals surface area contributed by atoms with E-state index in [9.17, 15) is 9.90 Å². The molecule has 7 heteroatoms. The second-order valence-electron chi connectivity index (χ2n) is 5.72. The van der Waals surface area contributed by atoms with Crippen molar-refractivity contribution in [2.45, 2.75) is 19.4 Å². The maximum Gasteiger partial charge on any atom is 0.220 e. The van der Waals surface area contributed by atoms with Crippen LogP contribution >= 0.6 is 34.8 Å². The van der Waals surface area contributed by atoms with Crippen LogP contribution in [0.2, 0.25) is 15.1 Å². The first kappa shape index (κ1) is 18.8. The standard InChI is InChI=1S/C19H15Cl3N2O2/c1-2-16(25)24-17(12-6-5-10(20)8-14(12)21)13-9-15(22)11-4-3-7-23-18(11)19(13)26/h3-9,17,26H,2H2,1H3,(H,24,25)/t17-/m1/s1. The molecular weight excluding hydrogens is 395 g/mol. The van der Waals surface area contributed by atoms with E-state index in [0.717, 1.165) is 0 Å². The first-order valence-corrected chi connectivity index (χ1v) is 9.06. The summed E-state index contributed by atoms with van der Waals surface area (Å²) < 4.78 is 0. The number of rotatable bonds is 4. The average molecular weight is 410 g/mol. The molecule has 1 atom stereocenters. The summed E-state index contributed by atoms with van der Waals surface area (Å²) in [5.74, 6) is -0.255. The van der Waals surface area contributed by atoms with Gasteiger partial charge in [-0.1, -0.05) is 47.8 Å². The molecule has 0 fully saturated rings. The molecule has 3 rings (SSSR count). The SMILES string of the molecule is CCC(=O)N[C@H](c1ccc(Cl)cc1Cl)c1cc(Cl)c2cccnc2c1O. The summed E-state index contributed by atoms with van der Waals surface area (Å²) in [6, 6.07) is 9.39. The molecule has 4 nitrogen and oxygen atoms in total. The molecule has 0 bridgehead atoms. The van der Waals surface area contributed by atoms with Crippen LogP contribution < -0.4 is 5.32 Å². The number of aromatic hydroxyl groups is 1. The number of aromatic nitrogens is 1. The third-order valence-corrected chi connectivity index (χ3v) is 4.93. The minimum atomic E-state index is -0.698. The van der Waals surface area contributed by atoms with E-state index >= 15 is 0 Å². The van der Waals surface area contributed by atoms with Crippen molar-refractivity contribution in [3.05, 3.63) is 68.8 Å². The Morgan fingerprint density at radius 2 is 1.92 bits per heavy atom. The summed E-state index contributed by atoms with van der Waals surface area (Å²) in [5, 5.41) is 15.6. The van der Waals surface area contributed by atoms with Crippen LogP contribution in [0.15, 0.2) is 42.6 Å². The van der Waals surface area contributed by atoms with Crippen molar-refractivity contribution in [3.8, 4) is 5.75 Å². The molecule has 0 aliphatic heterocycles. The third-order valence-electron chi connectivity index (χ3n) is 4.06. The van der Waals surface area contributed by atoms with Crippen molar-refractivity contribution in [3.63, 3.8) is 0 Å². The van der Waals surface area contributed by atoms with Crippen LogP contribution in [-0.4, -0.2) is 16.0 Å². The van der Waals surface area contributed by atoms with Crippen molar-refractivity contribution < 1.29 is 9.90 Å². The third kappa shape index (κ3) is 3.58. The van der Waals surface area contributed by atoms with Crippen LogP contribution in [0.3, 0.4) is 0 Å². The number of hydrogen-bond donors (Lipinski definition) is 2. The molecule has 1 heterocycles. The molecule has 0 aliphatic carbocycles. The van der Waals surface area contributed by atoms with E-state index in [-0.39, 0.29) is 18.1 Å². The molecule has 0 saturated heterocycles. The number of nitrogens with one attached hydrogen (secondary N) is 1. The highest BCUT2D eigenvalue weighted by Crippen LogP contribution is 2.40. The van der Waals surface area contributed by atoms with Crippen LogP contribution in [0, 0.1) is 0 Å². The zero-order chi connectivity index (χ0) is 18.8. The molecule has 0 aliphatic rings. The fourth-order valence-electron chi connectivity index (χ4n) is 2.75. The van der Waals surface area contributed by atoms with Gasteiger partial charge in [0.15, 0.2) is 0 Å². The van der Waals surface area contributed by atoms with Gasteiger partial charge in [0.25, 0.3) is 0 Å². The summed E-state index contributed by atoms with van der Waals surface area (Å²) in [5.41, 5.74) is 1.36.